The van der Waals surface area contributed by atoms with Crippen LogP contribution in [0.3, 0.4) is 0 Å². The van der Waals surface area contributed by atoms with Gasteiger partial charge in [0.25, 0.3) is 0 Å². The summed E-state index contributed by atoms with van der Waals surface area (Å²) in [5.41, 5.74) is 0.473. The van der Waals surface area contributed by atoms with Crippen LogP contribution in [0.15, 0.2) is 17.2 Å². The third kappa shape index (κ3) is 3.81. The summed E-state index contributed by atoms with van der Waals surface area (Å²) in [4.78, 5) is 2.82. The molecule has 1 fully saturated rings. The maximum Gasteiger partial charge on any atom is 0.242 e. The number of aromatic nitrogens is 1. The van der Waals surface area contributed by atoms with E-state index in [1.54, 1.807) is 0 Å². The molecule has 0 aromatic carbocycles. The van der Waals surface area contributed by atoms with Crippen LogP contribution in [0.2, 0.25) is 0 Å². The smallest absolute Gasteiger partial charge is 0.242 e. The Hall–Kier alpha value is -0.890. The summed E-state index contributed by atoms with van der Waals surface area (Å²) in [7, 11) is -3.51. The van der Waals surface area contributed by atoms with E-state index in [0.29, 0.717) is 18.2 Å². The minimum absolute atomic E-state index is 0.133. The molecule has 3 N–H and O–H groups in total. The third-order valence-corrected chi connectivity index (χ3v) is 4.23. The summed E-state index contributed by atoms with van der Waals surface area (Å²) in [6, 6.07) is 1.41. The Balaban J connectivity index is 1.75. The number of ether oxygens (including phenoxy) is 1. The molecule has 0 spiro atoms. The number of hydrogen-bond donors (Lipinski definition) is 3. The zero-order valence-electron chi connectivity index (χ0n) is 10.1. The summed E-state index contributed by atoms with van der Waals surface area (Å²) in [6.07, 6.45) is 3.80. The van der Waals surface area contributed by atoms with E-state index >= 15 is 0 Å². The van der Waals surface area contributed by atoms with Crippen LogP contribution in [0.4, 0.5) is 0 Å². The maximum absolute atomic E-state index is 11.8. The van der Waals surface area contributed by atoms with Crippen LogP contribution in [-0.4, -0.2) is 38.3 Å². The fourth-order valence-corrected chi connectivity index (χ4v) is 2.56. The van der Waals surface area contributed by atoms with Gasteiger partial charge in [-0.25, -0.2) is 13.1 Å². The van der Waals surface area contributed by atoms with Crippen LogP contribution in [0, 0.1) is 5.92 Å². The molecule has 18 heavy (non-hydrogen) atoms. The molecule has 0 amide bonds. The maximum atomic E-state index is 11.8. The number of aliphatic hydroxyl groups is 1. The van der Waals surface area contributed by atoms with Gasteiger partial charge < -0.3 is 14.8 Å². The van der Waals surface area contributed by atoms with Crippen LogP contribution < -0.4 is 4.72 Å². The van der Waals surface area contributed by atoms with Gasteiger partial charge in [0.15, 0.2) is 0 Å². The zero-order chi connectivity index (χ0) is 13.0. The molecule has 0 saturated heterocycles. The van der Waals surface area contributed by atoms with Gasteiger partial charge in [-0.05, 0) is 24.8 Å². The molecule has 1 aliphatic carbocycles. The van der Waals surface area contributed by atoms with Crippen LogP contribution in [0.1, 0.15) is 18.5 Å². The Kier molecular flexibility index (Phi) is 4.39. The van der Waals surface area contributed by atoms with E-state index in [0.717, 1.165) is 6.61 Å². The van der Waals surface area contributed by atoms with Crippen LogP contribution >= 0.6 is 0 Å². The molecule has 1 aliphatic rings. The molecule has 1 heterocycles. The highest BCUT2D eigenvalue weighted by Crippen LogP contribution is 2.28. The first-order chi connectivity index (χ1) is 8.62. The average molecular weight is 274 g/mol. The first-order valence-corrected chi connectivity index (χ1v) is 7.45. The van der Waals surface area contributed by atoms with E-state index in [2.05, 4.69) is 9.71 Å². The molecular formula is C11H18N2O4S. The number of aliphatic hydroxyl groups excluding tert-OH is 1. The summed E-state index contributed by atoms with van der Waals surface area (Å²) in [6.45, 7) is 1.16. The molecule has 1 aromatic rings. The first-order valence-electron chi connectivity index (χ1n) is 5.97. The number of nitrogens with one attached hydrogen (secondary N) is 2. The van der Waals surface area contributed by atoms with Crippen molar-refractivity contribution in [2.75, 3.05) is 19.8 Å². The highest BCUT2D eigenvalue weighted by atomic mass is 32.2. The standard InChI is InChI=1S/C11H18N2O4S/c14-7-10-5-11(6-12-10)18(15,16)13-3-4-17-8-9-1-2-9/h5-6,9,12-14H,1-4,7-8H2. The van der Waals surface area contributed by atoms with Crippen LogP contribution in [0.5, 0.6) is 0 Å². The lowest BCUT2D eigenvalue weighted by Crippen LogP contribution is -2.27. The number of H-pyrrole nitrogens is 1. The normalized spacial score (nSPS) is 16.1. The fraction of sp³-hybridized carbons (Fsp3) is 0.636. The van der Waals surface area contributed by atoms with Crippen molar-refractivity contribution >= 4 is 10.0 Å². The van der Waals surface area contributed by atoms with Gasteiger partial charge in [-0.15, -0.1) is 0 Å². The number of hydrogen-bond acceptors (Lipinski definition) is 4. The van der Waals surface area contributed by atoms with E-state index in [1.807, 2.05) is 0 Å². The Morgan fingerprint density at radius 1 is 1.50 bits per heavy atom. The van der Waals surface area contributed by atoms with Crippen molar-refractivity contribution < 1.29 is 18.3 Å². The lowest BCUT2D eigenvalue weighted by molar-refractivity contribution is 0.129. The van der Waals surface area contributed by atoms with E-state index in [4.69, 9.17) is 9.84 Å². The molecule has 6 nitrogen and oxygen atoms in total. The molecule has 0 atom stereocenters. The fourth-order valence-electron chi connectivity index (χ4n) is 1.53. The molecule has 1 aromatic heterocycles. The molecule has 0 aliphatic heterocycles. The van der Waals surface area contributed by atoms with Gasteiger partial charge in [0, 0.05) is 25.0 Å². The molecule has 7 heteroatoms. The van der Waals surface area contributed by atoms with Gasteiger partial charge in [0.2, 0.25) is 10.0 Å². The van der Waals surface area contributed by atoms with Gasteiger partial charge >= 0.3 is 0 Å². The van der Waals surface area contributed by atoms with E-state index < -0.39 is 10.0 Å². The lowest BCUT2D eigenvalue weighted by atomic mass is 10.5. The van der Waals surface area contributed by atoms with E-state index in [9.17, 15) is 8.42 Å². The first kappa shape index (κ1) is 13.5. The van der Waals surface area contributed by atoms with E-state index in [1.165, 1.54) is 25.1 Å². The van der Waals surface area contributed by atoms with Crippen LogP contribution in [-0.2, 0) is 21.4 Å². The Morgan fingerprint density at radius 3 is 2.89 bits per heavy atom. The minimum Gasteiger partial charge on any atom is -0.390 e. The van der Waals surface area contributed by atoms with Gasteiger partial charge in [-0.1, -0.05) is 0 Å². The second kappa shape index (κ2) is 5.83. The SMILES string of the molecule is O=S(=O)(NCCOCC1CC1)c1c[nH]c(CO)c1. The highest BCUT2D eigenvalue weighted by Gasteiger charge is 2.21. The van der Waals surface area contributed by atoms with Crippen LogP contribution in [0.25, 0.3) is 0 Å². The quantitative estimate of drug-likeness (QED) is 0.591. The Bertz CT molecular complexity index is 479. The minimum atomic E-state index is -3.51. The molecule has 0 unspecified atom stereocenters. The Labute approximate surface area is 106 Å². The zero-order valence-corrected chi connectivity index (χ0v) is 10.9. The van der Waals surface area contributed by atoms with Gasteiger partial charge in [-0.3, -0.25) is 0 Å². The second-order valence-corrected chi connectivity index (χ2v) is 6.20. The monoisotopic (exact) mass is 274 g/mol. The van der Waals surface area contributed by atoms with Crippen molar-refractivity contribution in [3.05, 3.63) is 18.0 Å². The van der Waals surface area contributed by atoms with Gasteiger partial charge in [-0.2, -0.15) is 0 Å². The van der Waals surface area contributed by atoms with Crippen molar-refractivity contribution in [3.8, 4) is 0 Å². The van der Waals surface area contributed by atoms with Gasteiger partial charge in [0.1, 0.15) is 0 Å². The predicted octanol–water partition coefficient (Wildman–Crippen LogP) is 0.212. The predicted molar refractivity (Wildman–Crippen MR) is 65.4 cm³/mol. The summed E-state index contributed by atoms with van der Waals surface area (Å²) < 4.78 is 31.4. The van der Waals surface area contributed by atoms with Gasteiger partial charge in [0.05, 0.1) is 18.1 Å². The lowest BCUT2D eigenvalue weighted by Gasteiger charge is -2.05. The Morgan fingerprint density at radius 2 is 2.28 bits per heavy atom. The average Bonchev–Trinajstić information content (AvgIpc) is 3.03. The van der Waals surface area contributed by atoms with E-state index in [-0.39, 0.29) is 18.0 Å². The summed E-state index contributed by atoms with van der Waals surface area (Å²) >= 11 is 0. The topological polar surface area (TPSA) is 91.4 Å². The number of rotatable bonds is 8. The van der Waals surface area contributed by atoms with Crippen molar-refractivity contribution in [3.63, 3.8) is 0 Å². The summed E-state index contributed by atoms with van der Waals surface area (Å²) in [5.74, 6) is 0.679. The second-order valence-electron chi connectivity index (χ2n) is 4.43. The van der Waals surface area contributed by atoms with Crippen molar-refractivity contribution in [1.29, 1.82) is 0 Å². The van der Waals surface area contributed by atoms with Crippen molar-refractivity contribution in [2.24, 2.45) is 5.92 Å². The molecule has 0 bridgehead atoms. The van der Waals surface area contributed by atoms with Crippen molar-refractivity contribution in [2.45, 2.75) is 24.3 Å². The largest absolute Gasteiger partial charge is 0.390 e. The summed E-state index contributed by atoms with van der Waals surface area (Å²) in [5, 5.41) is 8.85. The molecule has 1 saturated carbocycles. The highest BCUT2D eigenvalue weighted by molar-refractivity contribution is 7.89. The molecular weight excluding hydrogens is 256 g/mol. The molecule has 102 valence electrons. The molecule has 0 radical (unpaired) electrons. The number of aromatic amines is 1. The number of sulfonamides is 1. The van der Waals surface area contributed by atoms with Crippen molar-refractivity contribution in [1.82, 2.24) is 9.71 Å². The molecule has 2 rings (SSSR count). The third-order valence-electron chi connectivity index (χ3n) is 2.79.